The molecular weight excluding hydrogens is 306 g/mol. The molecule has 2 N–H and O–H groups in total. The van der Waals surface area contributed by atoms with Gasteiger partial charge in [0.2, 0.25) is 0 Å². The molecule has 1 saturated carbocycles. The molecule has 0 aliphatic heterocycles. The van der Waals surface area contributed by atoms with Gasteiger partial charge in [-0.15, -0.1) is 0 Å². The molecule has 3 rings (SSSR count). The largest absolute Gasteiger partial charge is 0.417 e. The second-order valence-corrected chi connectivity index (χ2v) is 6.15. The molecule has 0 atom stereocenters. The van der Waals surface area contributed by atoms with Crippen molar-refractivity contribution in [3.63, 3.8) is 0 Å². The fourth-order valence-corrected chi connectivity index (χ4v) is 3.10. The van der Waals surface area contributed by atoms with Gasteiger partial charge in [-0.2, -0.15) is 5.26 Å². The number of rotatable bonds is 4. The number of oxazole rings is 1. The van der Waals surface area contributed by atoms with Gasteiger partial charge in [-0.1, -0.05) is 25.3 Å². The molecule has 1 fully saturated rings. The average molecular weight is 325 g/mol. The predicted molar refractivity (Wildman–Crippen MR) is 90.0 cm³/mol. The topological polar surface area (TPSA) is 98.9 Å². The second kappa shape index (κ2) is 7.18. The Labute approximate surface area is 139 Å². The van der Waals surface area contributed by atoms with Gasteiger partial charge < -0.3 is 9.73 Å². The molecule has 2 aromatic rings. The van der Waals surface area contributed by atoms with Crippen molar-refractivity contribution in [1.82, 2.24) is 10.3 Å². The van der Waals surface area contributed by atoms with Crippen LogP contribution in [0.4, 0.5) is 0 Å². The lowest BCUT2D eigenvalue weighted by Crippen LogP contribution is -2.31. The molecule has 1 amide bonds. The van der Waals surface area contributed by atoms with Gasteiger partial charge in [0.25, 0.3) is 5.91 Å². The Morgan fingerprint density at radius 2 is 2.17 bits per heavy atom. The van der Waals surface area contributed by atoms with E-state index in [0.29, 0.717) is 29.1 Å². The first kappa shape index (κ1) is 16.1. The first-order valence-electron chi connectivity index (χ1n) is 8.18. The second-order valence-electron chi connectivity index (χ2n) is 6.15. The number of hydrogen-bond acceptors (Lipinski definition) is 4. The number of carbonyl (C=O) groups excluding carboxylic acids is 1. The molecule has 1 aromatic heterocycles. The quantitative estimate of drug-likeness (QED) is 0.667. The van der Waals surface area contributed by atoms with Gasteiger partial charge in [0.05, 0.1) is 5.52 Å². The zero-order valence-electron chi connectivity index (χ0n) is 13.3. The van der Waals surface area contributed by atoms with Crippen LogP contribution in [0, 0.1) is 17.2 Å². The van der Waals surface area contributed by atoms with Crippen molar-refractivity contribution in [2.45, 2.75) is 32.1 Å². The van der Waals surface area contributed by atoms with E-state index in [1.807, 2.05) is 6.07 Å². The number of amides is 1. The first-order chi connectivity index (χ1) is 11.7. The summed E-state index contributed by atoms with van der Waals surface area (Å²) in [5.41, 5.74) is 1.69. The Morgan fingerprint density at radius 1 is 1.38 bits per heavy atom. The lowest BCUT2D eigenvalue weighted by molar-refractivity contribution is -0.117. The van der Waals surface area contributed by atoms with Crippen molar-refractivity contribution in [2.75, 3.05) is 6.54 Å². The van der Waals surface area contributed by atoms with Gasteiger partial charge in [-0.3, -0.25) is 9.78 Å². The monoisotopic (exact) mass is 325 g/mol. The Morgan fingerprint density at radius 3 is 2.92 bits per heavy atom. The molecule has 124 valence electrons. The summed E-state index contributed by atoms with van der Waals surface area (Å²) in [5.74, 6) is -0.379. The minimum atomic E-state index is -0.531. The van der Waals surface area contributed by atoms with Crippen LogP contribution in [0.3, 0.4) is 0 Å². The SMILES string of the molecule is N#C/C(=C\c1ccc2oc(=O)[nH]c2c1)C(=O)NCC1CCCCC1. The lowest BCUT2D eigenvalue weighted by atomic mass is 9.89. The van der Waals surface area contributed by atoms with Gasteiger partial charge in [0.15, 0.2) is 5.58 Å². The number of nitrogens with one attached hydrogen (secondary N) is 2. The fraction of sp³-hybridized carbons (Fsp3) is 0.389. The highest BCUT2D eigenvalue weighted by Crippen LogP contribution is 2.23. The van der Waals surface area contributed by atoms with Crippen molar-refractivity contribution in [3.8, 4) is 6.07 Å². The molecule has 1 heterocycles. The Balaban J connectivity index is 1.71. The van der Waals surface area contributed by atoms with Crippen LogP contribution in [0.15, 0.2) is 33.0 Å². The van der Waals surface area contributed by atoms with Gasteiger partial charge in [-0.05, 0) is 42.5 Å². The normalized spacial score (nSPS) is 16.0. The van der Waals surface area contributed by atoms with Gasteiger partial charge >= 0.3 is 5.76 Å². The summed E-state index contributed by atoms with van der Waals surface area (Å²) < 4.78 is 4.93. The van der Waals surface area contributed by atoms with Crippen LogP contribution >= 0.6 is 0 Å². The number of aromatic amines is 1. The highest BCUT2D eigenvalue weighted by atomic mass is 16.4. The molecular formula is C18H19N3O3. The van der Waals surface area contributed by atoms with E-state index < -0.39 is 5.76 Å². The highest BCUT2D eigenvalue weighted by molar-refractivity contribution is 6.01. The number of benzene rings is 1. The molecule has 0 saturated heterocycles. The lowest BCUT2D eigenvalue weighted by Gasteiger charge is -2.21. The zero-order chi connectivity index (χ0) is 16.9. The van der Waals surface area contributed by atoms with Crippen LogP contribution in [0.5, 0.6) is 0 Å². The van der Waals surface area contributed by atoms with E-state index in [9.17, 15) is 14.9 Å². The minimum Gasteiger partial charge on any atom is -0.408 e. The molecule has 6 heteroatoms. The van der Waals surface area contributed by atoms with Crippen molar-refractivity contribution < 1.29 is 9.21 Å². The van der Waals surface area contributed by atoms with Crippen LogP contribution in [0.2, 0.25) is 0 Å². The summed E-state index contributed by atoms with van der Waals surface area (Å²) in [6.45, 7) is 0.617. The molecule has 1 aliphatic rings. The van der Waals surface area contributed by atoms with Crippen LogP contribution in [-0.2, 0) is 4.79 Å². The molecule has 1 aliphatic carbocycles. The predicted octanol–water partition coefficient (Wildman–Crippen LogP) is 2.72. The summed E-state index contributed by atoms with van der Waals surface area (Å²) >= 11 is 0. The van der Waals surface area contributed by atoms with Crippen molar-refractivity contribution in [3.05, 3.63) is 39.9 Å². The van der Waals surface area contributed by atoms with Crippen molar-refractivity contribution >= 4 is 23.1 Å². The third-order valence-corrected chi connectivity index (χ3v) is 4.40. The Hall–Kier alpha value is -2.81. The van der Waals surface area contributed by atoms with Gasteiger partial charge in [-0.25, -0.2) is 4.79 Å². The maximum atomic E-state index is 12.2. The Bertz CT molecular complexity index is 863. The average Bonchev–Trinajstić information content (AvgIpc) is 2.97. The molecule has 1 aromatic carbocycles. The molecule has 24 heavy (non-hydrogen) atoms. The van der Waals surface area contributed by atoms with E-state index in [1.54, 1.807) is 18.2 Å². The van der Waals surface area contributed by atoms with Crippen LogP contribution in [-0.4, -0.2) is 17.4 Å². The third-order valence-electron chi connectivity index (χ3n) is 4.40. The van der Waals surface area contributed by atoms with E-state index in [4.69, 9.17) is 4.42 Å². The minimum absolute atomic E-state index is 0.0519. The summed E-state index contributed by atoms with van der Waals surface area (Å²) in [7, 11) is 0. The van der Waals surface area contributed by atoms with Crippen molar-refractivity contribution in [1.29, 1.82) is 5.26 Å². The van der Waals surface area contributed by atoms with Gasteiger partial charge in [0, 0.05) is 6.54 Å². The zero-order valence-corrected chi connectivity index (χ0v) is 13.3. The van der Waals surface area contributed by atoms with Crippen LogP contribution in [0.1, 0.15) is 37.7 Å². The number of fused-ring (bicyclic) bond motifs is 1. The maximum absolute atomic E-state index is 12.2. The van der Waals surface area contributed by atoms with E-state index in [2.05, 4.69) is 10.3 Å². The standard InChI is InChI=1S/C18H19N3O3/c19-10-14(17(22)20-11-12-4-2-1-3-5-12)8-13-6-7-16-15(9-13)21-18(23)24-16/h6-9,12H,1-5,11H2,(H,20,22)(H,21,23)/b14-8+. The molecule has 0 bridgehead atoms. The molecule has 0 radical (unpaired) electrons. The number of carbonyl (C=O) groups is 1. The van der Waals surface area contributed by atoms with Crippen LogP contribution < -0.4 is 11.1 Å². The number of aromatic nitrogens is 1. The summed E-state index contributed by atoms with van der Waals surface area (Å²) in [4.78, 5) is 25.9. The number of nitriles is 1. The maximum Gasteiger partial charge on any atom is 0.417 e. The summed E-state index contributed by atoms with van der Waals surface area (Å²) in [6, 6.07) is 6.95. The summed E-state index contributed by atoms with van der Waals surface area (Å²) in [5, 5.41) is 12.1. The van der Waals surface area contributed by atoms with E-state index in [0.717, 1.165) is 12.8 Å². The summed E-state index contributed by atoms with van der Waals surface area (Å²) in [6.07, 6.45) is 7.48. The fourth-order valence-electron chi connectivity index (χ4n) is 3.10. The number of hydrogen-bond donors (Lipinski definition) is 2. The highest BCUT2D eigenvalue weighted by Gasteiger charge is 2.16. The van der Waals surface area contributed by atoms with Crippen LogP contribution in [0.25, 0.3) is 17.2 Å². The molecule has 0 spiro atoms. The number of H-pyrrole nitrogens is 1. The number of nitrogens with zero attached hydrogens (tertiary/aromatic N) is 1. The third kappa shape index (κ3) is 3.74. The Kier molecular flexibility index (Phi) is 4.80. The van der Waals surface area contributed by atoms with Crippen molar-refractivity contribution in [2.24, 2.45) is 5.92 Å². The van der Waals surface area contributed by atoms with E-state index >= 15 is 0 Å². The van der Waals surface area contributed by atoms with Gasteiger partial charge in [0.1, 0.15) is 11.6 Å². The molecule has 0 unspecified atom stereocenters. The smallest absolute Gasteiger partial charge is 0.408 e. The van der Waals surface area contributed by atoms with E-state index in [-0.39, 0.29) is 11.5 Å². The molecule has 6 nitrogen and oxygen atoms in total. The van der Waals surface area contributed by atoms with E-state index in [1.165, 1.54) is 25.3 Å². The first-order valence-corrected chi connectivity index (χ1v) is 8.18.